The van der Waals surface area contributed by atoms with Crippen molar-refractivity contribution < 1.29 is 14.3 Å². The molecule has 0 aliphatic rings. The topological polar surface area (TPSA) is 43.4 Å². The molecule has 0 N–H and O–H groups in total. The second-order valence-corrected chi connectivity index (χ2v) is 6.33. The zero-order valence-corrected chi connectivity index (χ0v) is 13.1. The summed E-state index contributed by atoms with van der Waals surface area (Å²) in [6.07, 6.45) is 0.580. The van der Waals surface area contributed by atoms with E-state index in [0.29, 0.717) is 5.75 Å². The smallest absolute Gasteiger partial charge is 0.319 e. The van der Waals surface area contributed by atoms with E-state index >= 15 is 0 Å². The summed E-state index contributed by atoms with van der Waals surface area (Å²) in [6.45, 7) is 6.28. The first-order valence-electron chi connectivity index (χ1n) is 6.05. The fourth-order valence-electron chi connectivity index (χ4n) is 1.51. The number of ether oxygens (including phenoxy) is 1. The Bertz CT molecular complexity index is 521. The summed E-state index contributed by atoms with van der Waals surface area (Å²) < 4.78 is 4.88. The first-order valence-corrected chi connectivity index (χ1v) is 6.81. The number of ketones is 1. The van der Waals surface area contributed by atoms with Crippen molar-refractivity contribution >= 4 is 35.0 Å². The third-order valence-electron chi connectivity index (χ3n) is 2.54. The molecule has 1 aromatic rings. The van der Waals surface area contributed by atoms with E-state index < -0.39 is 18.2 Å². The second kappa shape index (κ2) is 6.91. The molecule has 0 aromatic heterocycles. The van der Waals surface area contributed by atoms with Gasteiger partial charge in [-0.2, -0.15) is 0 Å². The number of carbonyl (C=O) groups excluding carboxylic acids is 2. The Balaban J connectivity index is 2.63. The van der Waals surface area contributed by atoms with Crippen LogP contribution < -0.4 is 4.74 Å². The van der Waals surface area contributed by atoms with E-state index in [0.717, 1.165) is 11.6 Å². The van der Waals surface area contributed by atoms with E-state index in [-0.39, 0.29) is 9.91 Å². The van der Waals surface area contributed by atoms with Crippen molar-refractivity contribution in [1.29, 1.82) is 0 Å². The number of esters is 1. The number of hydrogen-bond donors (Lipinski definition) is 0. The third kappa shape index (κ3) is 5.76. The minimum absolute atomic E-state index is 0.0282. The molecule has 1 rings (SSSR count). The van der Waals surface area contributed by atoms with Crippen molar-refractivity contribution in [1.82, 2.24) is 0 Å². The van der Waals surface area contributed by atoms with Gasteiger partial charge in [0.25, 0.3) is 0 Å². The first kappa shape index (κ1) is 16.7. The van der Waals surface area contributed by atoms with Crippen LogP contribution in [0, 0.1) is 0 Å². The molecule has 1 aromatic carbocycles. The normalized spacial score (nSPS) is 10.8. The largest absolute Gasteiger partial charge is 0.426 e. The van der Waals surface area contributed by atoms with Gasteiger partial charge in [0.05, 0.1) is 0 Å². The summed E-state index contributed by atoms with van der Waals surface area (Å²) in [6, 6.07) is 7.18. The molecule has 0 aliphatic carbocycles. The number of rotatable bonds is 4. The molecule has 108 valence electrons. The van der Waals surface area contributed by atoms with Gasteiger partial charge in [0.1, 0.15) is 16.7 Å². The fourth-order valence-corrected chi connectivity index (χ4v) is 1.75. The van der Waals surface area contributed by atoms with Crippen LogP contribution in [0.2, 0.25) is 0 Å². The molecule has 0 atom stereocenters. The highest BCUT2D eigenvalue weighted by Crippen LogP contribution is 2.24. The van der Waals surface area contributed by atoms with Gasteiger partial charge in [-0.05, 0) is 23.1 Å². The van der Waals surface area contributed by atoms with Crippen molar-refractivity contribution in [2.24, 2.45) is 0 Å². The Morgan fingerprint density at radius 3 is 2.15 bits per heavy atom. The highest BCUT2D eigenvalue weighted by atomic mass is 35.5. The van der Waals surface area contributed by atoms with E-state index in [2.05, 4.69) is 20.8 Å². The molecular formula is C15H16Cl2O3. The summed E-state index contributed by atoms with van der Waals surface area (Å²) in [5.41, 5.74) is 1.16. The maximum atomic E-state index is 11.5. The van der Waals surface area contributed by atoms with Crippen LogP contribution in [0.1, 0.15) is 32.8 Å². The van der Waals surface area contributed by atoms with E-state index in [9.17, 15) is 9.59 Å². The molecule has 0 aliphatic heterocycles. The monoisotopic (exact) mass is 314 g/mol. The third-order valence-corrected chi connectivity index (χ3v) is 2.76. The van der Waals surface area contributed by atoms with Gasteiger partial charge in [0.2, 0.25) is 0 Å². The molecule has 0 spiro atoms. The summed E-state index contributed by atoms with van der Waals surface area (Å²) in [4.78, 5) is 22.8. The van der Waals surface area contributed by atoms with Crippen molar-refractivity contribution in [3.63, 3.8) is 0 Å². The highest BCUT2D eigenvalue weighted by Gasteiger charge is 2.14. The predicted molar refractivity (Wildman–Crippen MR) is 80.2 cm³/mol. The Morgan fingerprint density at radius 2 is 1.70 bits per heavy atom. The standard InChI is InChI=1S/C15H16Cl2O3/c1-15(2,3)10-4-6-12(7-5-10)20-14(19)9-11(18)8-13(16)17/h4-8H,9H2,1-3H3. The SMILES string of the molecule is CC(C)(C)c1ccc(OC(=O)CC(=O)C=C(Cl)Cl)cc1. The van der Waals surface area contributed by atoms with Gasteiger partial charge in [-0.25, -0.2) is 0 Å². The zero-order valence-electron chi connectivity index (χ0n) is 11.6. The lowest BCUT2D eigenvalue weighted by Gasteiger charge is -2.18. The molecule has 0 bridgehead atoms. The van der Waals surface area contributed by atoms with E-state index in [1.165, 1.54) is 0 Å². The summed E-state index contributed by atoms with van der Waals surface area (Å²) in [5, 5.41) is 0. The van der Waals surface area contributed by atoms with Crippen LogP contribution in [0.3, 0.4) is 0 Å². The van der Waals surface area contributed by atoms with Crippen LogP contribution in [-0.2, 0) is 15.0 Å². The molecule has 0 radical (unpaired) electrons. The number of benzene rings is 1. The Labute approximate surface area is 128 Å². The predicted octanol–water partition coefficient (Wildman–Crippen LogP) is 4.17. The lowest BCUT2D eigenvalue weighted by molar-refractivity contribution is -0.136. The molecular weight excluding hydrogens is 299 g/mol. The fraction of sp³-hybridized carbons (Fsp3) is 0.333. The molecule has 0 amide bonds. The number of carbonyl (C=O) groups is 2. The van der Waals surface area contributed by atoms with E-state index in [1.807, 2.05) is 12.1 Å². The van der Waals surface area contributed by atoms with Crippen LogP contribution in [-0.4, -0.2) is 11.8 Å². The number of allylic oxidation sites excluding steroid dienone is 1. The molecule has 3 nitrogen and oxygen atoms in total. The zero-order chi connectivity index (χ0) is 15.3. The average Bonchev–Trinajstić information content (AvgIpc) is 2.26. The van der Waals surface area contributed by atoms with Gasteiger partial charge in [0.15, 0.2) is 5.78 Å². The number of halogens is 2. The molecule has 0 unspecified atom stereocenters. The minimum atomic E-state index is -0.649. The van der Waals surface area contributed by atoms with Crippen molar-refractivity contribution in [3.05, 3.63) is 40.4 Å². The molecule has 0 fully saturated rings. The van der Waals surface area contributed by atoms with E-state index in [4.69, 9.17) is 27.9 Å². The molecule has 5 heteroatoms. The molecule has 0 heterocycles. The van der Waals surface area contributed by atoms with Gasteiger partial charge in [-0.15, -0.1) is 0 Å². The Morgan fingerprint density at radius 1 is 1.15 bits per heavy atom. The van der Waals surface area contributed by atoms with Crippen LogP contribution in [0.4, 0.5) is 0 Å². The van der Waals surface area contributed by atoms with Crippen LogP contribution >= 0.6 is 23.2 Å². The maximum Gasteiger partial charge on any atom is 0.319 e. The average molecular weight is 315 g/mol. The van der Waals surface area contributed by atoms with Crippen LogP contribution in [0.5, 0.6) is 5.75 Å². The summed E-state index contributed by atoms with van der Waals surface area (Å²) >= 11 is 10.7. The van der Waals surface area contributed by atoms with Gasteiger partial charge in [0, 0.05) is 6.08 Å². The molecule has 0 saturated carbocycles. The highest BCUT2D eigenvalue weighted by molar-refractivity contribution is 6.56. The summed E-state index contributed by atoms with van der Waals surface area (Å²) in [7, 11) is 0. The van der Waals surface area contributed by atoms with Crippen molar-refractivity contribution in [2.75, 3.05) is 0 Å². The first-order chi connectivity index (χ1) is 9.18. The number of hydrogen-bond acceptors (Lipinski definition) is 3. The Hall–Kier alpha value is -1.32. The minimum Gasteiger partial charge on any atom is -0.426 e. The van der Waals surface area contributed by atoms with Crippen molar-refractivity contribution in [3.8, 4) is 5.75 Å². The lowest BCUT2D eigenvalue weighted by atomic mass is 9.87. The quantitative estimate of drug-likeness (QED) is 0.362. The van der Waals surface area contributed by atoms with Gasteiger partial charge < -0.3 is 4.74 Å². The van der Waals surface area contributed by atoms with Crippen molar-refractivity contribution in [2.45, 2.75) is 32.6 Å². The van der Waals surface area contributed by atoms with Gasteiger partial charge in [-0.1, -0.05) is 56.1 Å². The Kier molecular flexibility index (Phi) is 5.78. The van der Waals surface area contributed by atoms with Gasteiger partial charge in [-0.3, -0.25) is 9.59 Å². The van der Waals surface area contributed by atoms with Crippen LogP contribution in [0.15, 0.2) is 34.8 Å². The van der Waals surface area contributed by atoms with Crippen LogP contribution in [0.25, 0.3) is 0 Å². The maximum absolute atomic E-state index is 11.5. The second-order valence-electron chi connectivity index (χ2n) is 5.33. The lowest BCUT2D eigenvalue weighted by Crippen LogP contribution is -2.13. The van der Waals surface area contributed by atoms with E-state index in [1.54, 1.807) is 12.1 Å². The summed E-state index contributed by atoms with van der Waals surface area (Å²) in [5.74, 6) is -0.748. The van der Waals surface area contributed by atoms with Gasteiger partial charge >= 0.3 is 5.97 Å². The molecule has 0 saturated heterocycles. The molecule has 20 heavy (non-hydrogen) atoms.